The van der Waals surface area contributed by atoms with Gasteiger partial charge < -0.3 is 18.9 Å². The quantitative estimate of drug-likeness (QED) is 0.0211. The maximum atomic E-state index is 12.8. The Bertz CT molecular complexity index is 1790. The summed E-state index contributed by atoms with van der Waals surface area (Å²) >= 11 is 0. The van der Waals surface area contributed by atoms with Gasteiger partial charge in [-0.3, -0.25) is 18.6 Å². The zero-order chi connectivity index (χ0) is 55.6. The molecule has 9 nitrogen and oxygen atoms in total. The standard InChI is InChI=1S/C66H108NO8P/c1-6-8-10-12-14-16-18-20-22-24-26-28-29-30-31-32-33-34-35-36-37-39-41-43-45-47-49-51-53-55-57-59-66(69)75-64(63-74-76(70,71)73-61-60-67(3,4)5)62-72-65(68)58-56-54-52-50-48-46-44-42-40-38-27-25-23-21-19-17-15-13-11-9-7-2/h8,10,14,16,19-22,25-28,30-31,33-34,36-37,40-43,47,49,64H,6-7,9,11-13,15,17-18,23-24,29,32,35,38-39,44-46,48,50-63H2,1-5H3/p+1/b10-8-,16-14-,21-19-,22-20-,27-25-,28-26-,31-30-,34-33-,37-36-,42-40-,43-41-,49-47-. The normalized spacial score (nSPS) is 14.3. The van der Waals surface area contributed by atoms with Gasteiger partial charge in [-0.05, 0) is 122 Å². The Morgan fingerprint density at radius 1 is 0.421 bits per heavy atom. The number of allylic oxidation sites excluding steroid dienone is 24. The first-order chi connectivity index (χ1) is 37.0. The smallest absolute Gasteiger partial charge is 0.462 e. The van der Waals surface area contributed by atoms with Crippen LogP contribution in [0.1, 0.15) is 206 Å². The molecule has 0 heterocycles. The van der Waals surface area contributed by atoms with Gasteiger partial charge in [0.15, 0.2) is 6.10 Å². The molecule has 0 fully saturated rings. The lowest BCUT2D eigenvalue weighted by molar-refractivity contribution is -0.870. The molecule has 0 saturated carbocycles. The Labute approximate surface area is 465 Å². The van der Waals surface area contributed by atoms with Crippen molar-refractivity contribution < 1.29 is 42.1 Å². The van der Waals surface area contributed by atoms with Crippen LogP contribution in [-0.2, 0) is 32.7 Å². The third-order valence-electron chi connectivity index (χ3n) is 11.9. The molecule has 0 radical (unpaired) electrons. The van der Waals surface area contributed by atoms with Gasteiger partial charge >= 0.3 is 19.8 Å². The average molecular weight is 1080 g/mol. The van der Waals surface area contributed by atoms with Crippen LogP contribution in [0.4, 0.5) is 0 Å². The molecule has 76 heavy (non-hydrogen) atoms. The number of phosphoric ester groups is 1. The second kappa shape index (κ2) is 55.6. The van der Waals surface area contributed by atoms with Crippen LogP contribution in [0, 0.1) is 0 Å². The summed E-state index contributed by atoms with van der Waals surface area (Å²) in [6.45, 7) is 4.23. The number of quaternary nitrogens is 1. The summed E-state index contributed by atoms with van der Waals surface area (Å²) < 4.78 is 34.5. The number of likely N-dealkylation sites (N-methyl/N-ethyl adjacent to an activating group) is 1. The number of rotatable bonds is 52. The van der Waals surface area contributed by atoms with Gasteiger partial charge in [0.05, 0.1) is 27.7 Å². The van der Waals surface area contributed by atoms with E-state index in [0.717, 1.165) is 128 Å². The maximum absolute atomic E-state index is 12.8. The highest BCUT2D eigenvalue weighted by molar-refractivity contribution is 7.47. The van der Waals surface area contributed by atoms with Gasteiger partial charge in [0.2, 0.25) is 0 Å². The monoisotopic (exact) mass is 1070 g/mol. The zero-order valence-electron chi connectivity index (χ0n) is 48.7. The molecule has 0 bridgehead atoms. The number of nitrogens with zero attached hydrogens (tertiary/aromatic N) is 1. The second-order valence-corrected chi connectivity index (χ2v) is 21.7. The maximum Gasteiger partial charge on any atom is 0.472 e. The van der Waals surface area contributed by atoms with Crippen molar-refractivity contribution in [3.8, 4) is 0 Å². The molecule has 0 amide bonds. The Morgan fingerprint density at radius 2 is 0.750 bits per heavy atom. The first-order valence-electron chi connectivity index (χ1n) is 29.6. The fourth-order valence-corrected chi connectivity index (χ4v) is 8.05. The molecule has 0 aliphatic heterocycles. The van der Waals surface area contributed by atoms with Crippen LogP contribution in [0.2, 0.25) is 0 Å². The number of unbranched alkanes of at least 4 members (excludes halogenated alkanes) is 14. The van der Waals surface area contributed by atoms with Gasteiger partial charge in [0, 0.05) is 12.8 Å². The fraction of sp³-hybridized carbons (Fsp3) is 0.606. The lowest BCUT2D eigenvalue weighted by atomic mass is 10.1. The predicted octanol–water partition coefficient (Wildman–Crippen LogP) is 18.7. The van der Waals surface area contributed by atoms with Crippen molar-refractivity contribution in [2.75, 3.05) is 47.5 Å². The van der Waals surface area contributed by atoms with Crippen molar-refractivity contribution in [3.05, 3.63) is 146 Å². The second-order valence-electron chi connectivity index (χ2n) is 20.3. The molecule has 0 aromatic rings. The number of hydrogen-bond acceptors (Lipinski definition) is 7. The van der Waals surface area contributed by atoms with Crippen molar-refractivity contribution in [1.29, 1.82) is 0 Å². The van der Waals surface area contributed by atoms with Crippen molar-refractivity contribution in [3.63, 3.8) is 0 Å². The Balaban J connectivity index is 4.32. The van der Waals surface area contributed by atoms with E-state index in [1.165, 1.54) is 38.5 Å². The van der Waals surface area contributed by atoms with Crippen molar-refractivity contribution >= 4 is 19.8 Å². The van der Waals surface area contributed by atoms with Gasteiger partial charge in [-0.25, -0.2) is 4.57 Å². The van der Waals surface area contributed by atoms with Crippen LogP contribution in [0.5, 0.6) is 0 Å². The minimum absolute atomic E-state index is 0.0136. The van der Waals surface area contributed by atoms with Crippen molar-refractivity contribution in [1.82, 2.24) is 0 Å². The predicted molar refractivity (Wildman–Crippen MR) is 325 cm³/mol. The first kappa shape index (κ1) is 71.9. The number of carbonyl (C=O) groups is 2. The van der Waals surface area contributed by atoms with Gasteiger partial charge in [-0.15, -0.1) is 0 Å². The molecular weight excluding hydrogens is 966 g/mol. The number of carbonyl (C=O) groups excluding carboxylic acids is 2. The van der Waals surface area contributed by atoms with E-state index in [2.05, 4.69) is 160 Å². The average Bonchev–Trinajstić information content (AvgIpc) is 3.38. The molecular formula is C66H109NO8P+. The molecule has 0 aliphatic carbocycles. The molecule has 0 aliphatic rings. The van der Waals surface area contributed by atoms with Gasteiger partial charge in [0.25, 0.3) is 0 Å². The third kappa shape index (κ3) is 59.1. The minimum Gasteiger partial charge on any atom is -0.462 e. The number of esters is 2. The van der Waals surface area contributed by atoms with Crippen molar-refractivity contribution in [2.45, 2.75) is 213 Å². The van der Waals surface area contributed by atoms with E-state index in [1.807, 2.05) is 21.1 Å². The van der Waals surface area contributed by atoms with E-state index >= 15 is 0 Å². The highest BCUT2D eigenvalue weighted by Crippen LogP contribution is 2.43. The molecule has 2 unspecified atom stereocenters. The fourth-order valence-electron chi connectivity index (χ4n) is 7.31. The molecule has 0 aromatic carbocycles. The number of phosphoric acid groups is 1. The van der Waals surface area contributed by atoms with E-state index in [-0.39, 0.29) is 26.1 Å². The van der Waals surface area contributed by atoms with Gasteiger partial charge in [-0.1, -0.05) is 217 Å². The summed E-state index contributed by atoms with van der Waals surface area (Å²) in [6.07, 6.45) is 82.0. The van der Waals surface area contributed by atoms with E-state index in [4.69, 9.17) is 18.5 Å². The van der Waals surface area contributed by atoms with Crippen LogP contribution >= 0.6 is 7.82 Å². The third-order valence-corrected chi connectivity index (χ3v) is 12.8. The molecule has 1 N–H and O–H groups in total. The van der Waals surface area contributed by atoms with Crippen LogP contribution < -0.4 is 0 Å². The van der Waals surface area contributed by atoms with Crippen LogP contribution in [-0.4, -0.2) is 74.9 Å². The highest BCUT2D eigenvalue weighted by Gasteiger charge is 2.27. The molecule has 0 saturated heterocycles. The minimum atomic E-state index is -4.41. The topological polar surface area (TPSA) is 108 Å². The molecule has 2 atom stereocenters. The lowest BCUT2D eigenvalue weighted by Crippen LogP contribution is -2.37. The Kier molecular flexibility index (Phi) is 52.6. The largest absolute Gasteiger partial charge is 0.472 e. The Hall–Kier alpha value is -4.11. The summed E-state index contributed by atoms with van der Waals surface area (Å²) in [4.78, 5) is 35.7. The van der Waals surface area contributed by atoms with E-state index < -0.39 is 32.5 Å². The highest BCUT2D eigenvalue weighted by atomic mass is 31.2. The SMILES string of the molecule is CC/C=C\C/C=C\C/C=C\C/C=C\C/C=C\C/C=C\C/C=C\C/C=C\C/C=C\CCCCCC(=O)OC(COC(=O)CCCCCCCC/C=C\C/C=C\C/C=C\CCCCCCC)COP(=O)(O)OCC[N+](C)(C)C. The van der Waals surface area contributed by atoms with Crippen LogP contribution in [0.15, 0.2) is 146 Å². The summed E-state index contributed by atoms with van der Waals surface area (Å²) in [5.74, 6) is -0.863. The molecule has 430 valence electrons. The van der Waals surface area contributed by atoms with Crippen molar-refractivity contribution in [2.24, 2.45) is 0 Å². The Morgan fingerprint density at radius 3 is 1.13 bits per heavy atom. The van der Waals surface area contributed by atoms with E-state index in [9.17, 15) is 19.0 Å². The van der Waals surface area contributed by atoms with E-state index in [1.54, 1.807) is 0 Å². The van der Waals surface area contributed by atoms with Gasteiger partial charge in [-0.2, -0.15) is 0 Å². The number of hydrogen-bond donors (Lipinski definition) is 1. The van der Waals surface area contributed by atoms with E-state index in [0.29, 0.717) is 23.9 Å². The first-order valence-corrected chi connectivity index (χ1v) is 31.1. The van der Waals surface area contributed by atoms with Crippen LogP contribution in [0.3, 0.4) is 0 Å². The summed E-state index contributed by atoms with van der Waals surface area (Å²) in [5.41, 5.74) is 0. The summed E-state index contributed by atoms with van der Waals surface area (Å²) in [5, 5.41) is 0. The number of ether oxygens (including phenoxy) is 2. The van der Waals surface area contributed by atoms with Gasteiger partial charge in [0.1, 0.15) is 19.8 Å². The molecule has 0 aromatic heterocycles. The molecule has 0 spiro atoms. The summed E-state index contributed by atoms with van der Waals surface area (Å²) in [6, 6.07) is 0. The zero-order valence-corrected chi connectivity index (χ0v) is 49.6. The molecule has 0 rings (SSSR count). The lowest BCUT2D eigenvalue weighted by Gasteiger charge is -2.24. The molecule has 10 heteroatoms. The summed E-state index contributed by atoms with van der Waals surface area (Å²) in [7, 11) is 1.42. The van der Waals surface area contributed by atoms with Crippen LogP contribution in [0.25, 0.3) is 0 Å².